The molecule has 1 aromatic carbocycles. The summed E-state index contributed by atoms with van der Waals surface area (Å²) in [6, 6.07) is 11.7. The molecule has 0 unspecified atom stereocenters. The molecule has 3 aromatic rings. The van der Waals surface area contributed by atoms with Crippen LogP contribution < -0.4 is 0 Å². The Morgan fingerprint density at radius 2 is 1.83 bits per heavy atom. The molecule has 0 aliphatic carbocycles. The first-order valence-electron chi connectivity index (χ1n) is 7.24. The number of aromatic nitrogens is 3. The third-order valence-corrected chi connectivity index (χ3v) is 4.06. The van der Waals surface area contributed by atoms with E-state index in [0.717, 1.165) is 28.3 Å². The number of hydrogen-bond donors (Lipinski definition) is 1. The van der Waals surface area contributed by atoms with E-state index in [1.165, 1.54) is 0 Å². The maximum atomic E-state index is 9.59. The van der Waals surface area contributed by atoms with Gasteiger partial charge in [-0.15, -0.1) is 0 Å². The Morgan fingerprint density at radius 3 is 2.39 bits per heavy atom. The highest BCUT2D eigenvalue weighted by Gasteiger charge is 2.19. The standard InChI is InChI=1S/C18H15N5/c1-12-16(10-20)18(15-5-3-14(9-19)4-6-15)13(2)23(12)11-17-21-7-8-22-17/h3-8H,11H2,1-2H3,(H,21,22). The molecule has 5 heteroatoms. The Morgan fingerprint density at radius 1 is 1.09 bits per heavy atom. The van der Waals surface area contributed by atoms with E-state index in [1.54, 1.807) is 24.5 Å². The van der Waals surface area contributed by atoms with Crippen molar-refractivity contribution in [1.82, 2.24) is 14.5 Å². The van der Waals surface area contributed by atoms with Crippen molar-refractivity contribution < 1.29 is 0 Å². The summed E-state index contributed by atoms with van der Waals surface area (Å²) in [6.45, 7) is 4.54. The number of nitrogens with zero attached hydrogens (tertiary/aromatic N) is 4. The summed E-state index contributed by atoms with van der Waals surface area (Å²) in [6.07, 6.45) is 3.51. The van der Waals surface area contributed by atoms with Gasteiger partial charge in [0.05, 0.1) is 23.7 Å². The highest BCUT2D eigenvalue weighted by molar-refractivity contribution is 5.75. The molecule has 5 nitrogen and oxygen atoms in total. The Bertz CT molecular complexity index is 916. The normalized spacial score (nSPS) is 10.3. The SMILES string of the molecule is Cc1c(C#N)c(-c2ccc(C#N)cc2)c(C)n1Cc1ncc[nH]1. The van der Waals surface area contributed by atoms with Crippen molar-refractivity contribution in [3.05, 3.63) is 65.0 Å². The third-order valence-electron chi connectivity index (χ3n) is 4.06. The van der Waals surface area contributed by atoms with Gasteiger partial charge < -0.3 is 9.55 Å². The van der Waals surface area contributed by atoms with Crippen LogP contribution in [0.25, 0.3) is 11.1 Å². The molecule has 2 aromatic heterocycles. The third kappa shape index (κ3) is 2.49. The highest BCUT2D eigenvalue weighted by atomic mass is 15.0. The second kappa shape index (κ2) is 5.82. The average Bonchev–Trinajstić information content (AvgIpc) is 3.17. The maximum absolute atomic E-state index is 9.59. The van der Waals surface area contributed by atoms with Crippen molar-refractivity contribution in [3.8, 4) is 23.3 Å². The van der Waals surface area contributed by atoms with Crippen molar-refractivity contribution >= 4 is 0 Å². The molecule has 0 saturated carbocycles. The minimum atomic E-state index is 0.593. The van der Waals surface area contributed by atoms with Gasteiger partial charge in [-0.05, 0) is 31.5 Å². The summed E-state index contributed by atoms with van der Waals surface area (Å²) in [5.41, 5.74) is 5.07. The maximum Gasteiger partial charge on any atom is 0.126 e. The van der Waals surface area contributed by atoms with Gasteiger partial charge in [0.1, 0.15) is 11.9 Å². The molecule has 23 heavy (non-hydrogen) atoms. The molecule has 0 aliphatic heterocycles. The van der Waals surface area contributed by atoms with Gasteiger partial charge in [-0.25, -0.2) is 4.98 Å². The Balaban J connectivity index is 2.13. The minimum Gasteiger partial charge on any atom is -0.347 e. The molecule has 0 spiro atoms. The van der Waals surface area contributed by atoms with Crippen molar-refractivity contribution in [1.29, 1.82) is 10.5 Å². The van der Waals surface area contributed by atoms with Gasteiger partial charge in [-0.1, -0.05) is 12.1 Å². The molecular weight excluding hydrogens is 286 g/mol. The lowest BCUT2D eigenvalue weighted by Crippen LogP contribution is -2.05. The van der Waals surface area contributed by atoms with Gasteiger partial charge in [-0.2, -0.15) is 10.5 Å². The van der Waals surface area contributed by atoms with Gasteiger partial charge in [0.25, 0.3) is 0 Å². The van der Waals surface area contributed by atoms with Crippen LogP contribution in [0.3, 0.4) is 0 Å². The molecule has 0 amide bonds. The van der Waals surface area contributed by atoms with E-state index < -0.39 is 0 Å². The second-order valence-corrected chi connectivity index (χ2v) is 5.34. The van der Waals surface area contributed by atoms with Gasteiger partial charge in [0, 0.05) is 29.3 Å². The van der Waals surface area contributed by atoms with Gasteiger partial charge in [-0.3, -0.25) is 0 Å². The van der Waals surface area contributed by atoms with Crippen molar-refractivity contribution in [2.75, 3.05) is 0 Å². The summed E-state index contributed by atoms with van der Waals surface area (Å²) < 4.78 is 2.09. The van der Waals surface area contributed by atoms with Crippen LogP contribution in [-0.2, 0) is 6.54 Å². The molecule has 1 N–H and O–H groups in total. The lowest BCUT2D eigenvalue weighted by Gasteiger charge is -2.08. The second-order valence-electron chi connectivity index (χ2n) is 5.34. The van der Waals surface area contributed by atoms with E-state index in [4.69, 9.17) is 5.26 Å². The number of nitriles is 2. The highest BCUT2D eigenvalue weighted by Crippen LogP contribution is 2.32. The molecule has 0 bridgehead atoms. The van der Waals surface area contributed by atoms with Crippen LogP contribution in [0.5, 0.6) is 0 Å². The average molecular weight is 301 g/mol. The first-order chi connectivity index (χ1) is 11.2. The van der Waals surface area contributed by atoms with Crippen molar-refractivity contribution in [2.45, 2.75) is 20.4 Å². The number of hydrogen-bond acceptors (Lipinski definition) is 3. The fourth-order valence-electron chi connectivity index (χ4n) is 2.86. The van der Waals surface area contributed by atoms with Crippen LogP contribution in [-0.4, -0.2) is 14.5 Å². The predicted octanol–water partition coefficient (Wildman–Crippen LogP) is 3.29. The first-order valence-corrected chi connectivity index (χ1v) is 7.24. The topological polar surface area (TPSA) is 81.2 Å². The summed E-state index contributed by atoms with van der Waals surface area (Å²) >= 11 is 0. The smallest absolute Gasteiger partial charge is 0.126 e. The predicted molar refractivity (Wildman–Crippen MR) is 86.5 cm³/mol. The molecule has 3 rings (SSSR count). The van der Waals surface area contributed by atoms with Crippen LogP contribution in [0, 0.1) is 36.5 Å². The lowest BCUT2D eigenvalue weighted by molar-refractivity contribution is 0.716. The van der Waals surface area contributed by atoms with Gasteiger partial charge >= 0.3 is 0 Å². The van der Waals surface area contributed by atoms with Gasteiger partial charge in [0.15, 0.2) is 0 Å². The van der Waals surface area contributed by atoms with Crippen LogP contribution in [0.4, 0.5) is 0 Å². The van der Waals surface area contributed by atoms with Gasteiger partial charge in [0.2, 0.25) is 0 Å². The fraction of sp³-hybridized carbons (Fsp3) is 0.167. The largest absolute Gasteiger partial charge is 0.347 e. The molecule has 0 radical (unpaired) electrons. The first kappa shape index (κ1) is 14.6. The zero-order valence-electron chi connectivity index (χ0n) is 13.0. The number of nitrogens with one attached hydrogen (secondary N) is 1. The molecular formula is C18H15N5. The Hall–Kier alpha value is -3.31. The summed E-state index contributed by atoms with van der Waals surface area (Å²) in [4.78, 5) is 7.35. The quantitative estimate of drug-likeness (QED) is 0.806. The fourth-order valence-corrected chi connectivity index (χ4v) is 2.86. The van der Waals surface area contributed by atoms with Crippen LogP contribution in [0.15, 0.2) is 36.7 Å². The minimum absolute atomic E-state index is 0.593. The van der Waals surface area contributed by atoms with Crippen LogP contribution in [0.2, 0.25) is 0 Å². The van der Waals surface area contributed by atoms with E-state index in [2.05, 4.69) is 26.7 Å². The Labute approximate surface area is 134 Å². The van der Waals surface area contributed by atoms with E-state index in [0.29, 0.717) is 17.7 Å². The van der Waals surface area contributed by atoms with E-state index >= 15 is 0 Å². The number of imidazole rings is 1. The molecule has 2 heterocycles. The van der Waals surface area contributed by atoms with Crippen LogP contribution >= 0.6 is 0 Å². The molecule has 0 fully saturated rings. The van der Waals surface area contributed by atoms with Crippen molar-refractivity contribution in [3.63, 3.8) is 0 Å². The van der Waals surface area contributed by atoms with E-state index in [9.17, 15) is 5.26 Å². The Kier molecular flexibility index (Phi) is 3.70. The number of benzene rings is 1. The van der Waals surface area contributed by atoms with Crippen molar-refractivity contribution in [2.24, 2.45) is 0 Å². The number of rotatable bonds is 3. The monoisotopic (exact) mass is 301 g/mol. The zero-order chi connectivity index (χ0) is 16.4. The van der Waals surface area contributed by atoms with Crippen LogP contribution in [0.1, 0.15) is 28.3 Å². The summed E-state index contributed by atoms with van der Waals surface area (Å²) in [5.74, 6) is 0.849. The van der Waals surface area contributed by atoms with E-state index in [1.807, 2.05) is 26.0 Å². The zero-order valence-corrected chi connectivity index (χ0v) is 13.0. The molecule has 0 aliphatic rings. The lowest BCUT2D eigenvalue weighted by atomic mass is 10.0. The molecule has 0 saturated heterocycles. The number of aromatic amines is 1. The van der Waals surface area contributed by atoms with E-state index in [-0.39, 0.29) is 0 Å². The molecule has 112 valence electrons. The summed E-state index contributed by atoms with van der Waals surface area (Å²) in [7, 11) is 0. The summed E-state index contributed by atoms with van der Waals surface area (Å²) in [5, 5.41) is 18.5. The number of H-pyrrole nitrogens is 1. The molecule has 0 atom stereocenters.